The molecule has 0 unspecified atom stereocenters. The fourth-order valence-electron chi connectivity index (χ4n) is 5.82. The zero-order valence-corrected chi connectivity index (χ0v) is 26.9. The average Bonchev–Trinajstić information content (AvgIpc) is 3.60. The number of hydrogen-bond acceptors (Lipinski definition) is 5. The molecule has 8 nitrogen and oxygen atoms in total. The molecule has 0 aliphatic heterocycles. The summed E-state index contributed by atoms with van der Waals surface area (Å²) in [5, 5.41) is 3.15. The Morgan fingerprint density at radius 3 is 1.98 bits per heavy atom. The Balaban J connectivity index is 1.45. The lowest BCUT2D eigenvalue weighted by molar-refractivity contribution is -0.139. The highest BCUT2D eigenvalue weighted by atomic mass is 32.2. The van der Waals surface area contributed by atoms with Gasteiger partial charge in [0, 0.05) is 12.6 Å². The summed E-state index contributed by atoms with van der Waals surface area (Å²) < 4.78 is 35.2. The van der Waals surface area contributed by atoms with Crippen LogP contribution < -0.4 is 14.4 Å². The molecule has 2 amide bonds. The van der Waals surface area contributed by atoms with Crippen molar-refractivity contribution in [2.24, 2.45) is 0 Å². The highest BCUT2D eigenvalue weighted by Crippen LogP contribution is 2.28. The van der Waals surface area contributed by atoms with Gasteiger partial charge in [-0.05, 0) is 79.8 Å². The quantitative estimate of drug-likeness (QED) is 0.168. The van der Waals surface area contributed by atoms with Crippen molar-refractivity contribution in [1.29, 1.82) is 0 Å². The van der Waals surface area contributed by atoms with Gasteiger partial charge in [-0.25, -0.2) is 8.42 Å². The van der Waals surface area contributed by atoms with E-state index in [2.05, 4.69) is 5.32 Å². The Kier molecular flexibility index (Phi) is 11.1. The monoisotopic (exact) mass is 639 g/mol. The fraction of sp³-hybridized carbons (Fsp3) is 0.297. The van der Waals surface area contributed by atoms with Gasteiger partial charge >= 0.3 is 0 Å². The van der Waals surface area contributed by atoms with Gasteiger partial charge in [-0.15, -0.1) is 0 Å². The zero-order chi connectivity index (χ0) is 32.4. The second kappa shape index (κ2) is 15.6. The number of anilines is 1. The predicted molar refractivity (Wildman–Crippen MR) is 180 cm³/mol. The molecule has 9 heteroatoms. The number of sulfonamides is 1. The summed E-state index contributed by atoms with van der Waals surface area (Å²) in [6.45, 7) is 1.67. The Morgan fingerprint density at radius 1 is 0.804 bits per heavy atom. The highest BCUT2D eigenvalue weighted by molar-refractivity contribution is 7.92. The van der Waals surface area contributed by atoms with Crippen molar-refractivity contribution < 1.29 is 22.7 Å². The Bertz CT molecular complexity index is 1660. The van der Waals surface area contributed by atoms with Crippen molar-refractivity contribution in [2.45, 2.75) is 62.4 Å². The summed E-state index contributed by atoms with van der Waals surface area (Å²) in [5.41, 5.74) is 1.33. The second-order valence-corrected chi connectivity index (χ2v) is 13.3. The van der Waals surface area contributed by atoms with Gasteiger partial charge in [-0.1, -0.05) is 86.5 Å². The molecular weight excluding hydrogens is 598 g/mol. The number of amides is 2. The third-order valence-corrected chi connectivity index (χ3v) is 10.1. The largest absolute Gasteiger partial charge is 0.457 e. The lowest BCUT2D eigenvalue weighted by Crippen LogP contribution is -2.54. The van der Waals surface area contributed by atoms with Crippen LogP contribution in [0.15, 0.2) is 120 Å². The average molecular weight is 640 g/mol. The summed E-state index contributed by atoms with van der Waals surface area (Å²) >= 11 is 0. The molecule has 1 atom stereocenters. The smallest absolute Gasteiger partial charge is 0.264 e. The lowest BCUT2D eigenvalue weighted by Gasteiger charge is -2.33. The van der Waals surface area contributed by atoms with Crippen LogP contribution >= 0.6 is 0 Å². The molecule has 0 saturated heterocycles. The van der Waals surface area contributed by atoms with E-state index in [-0.39, 0.29) is 23.4 Å². The number of hydrogen-bond donors (Lipinski definition) is 1. The van der Waals surface area contributed by atoms with E-state index in [0.717, 1.165) is 35.6 Å². The van der Waals surface area contributed by atoms with E-state index in [4.69, 9.17) is 4.74 Å². The summed E-state index contributed by atoms with van der Waals surface area (Å²) in [5.74, 6) is 0.524. The molecule has 4 aromatic carbocycles. The molecule has 1 saturated carbocycles. The number of rotatable bonds is 14. The van der Waals surface area contributed by atoms with Gasteiger partial charge in [-0.3, -0.25) is 13.9 Å². The van der Waals surface area contributed by atoms with Gasteiger partial charge < -0.3 is 15.0 Å². The molecular formula is C37H41N3O5S. The summed E-state index contributed by atoms with van der Waals surface area (Å²) in [7, 11) is -4.15. The second-order valence-electron chi connectivity index (χ2n) is 11.5. The molecule has 0 spiro atoms. The summed E-state index contributed by atoms with van der Waals surface area (Å²) in [6, 6.07) is 33.1. The highest BCUT2D eigenvalue weighted by Gasteiger charge is 2.34. The van der Waals surface area contributed by atoms with E-state index in [1.54, 1.807) is 47.4 Å². The van der Waals surface area contributed by atoms with Gasteiger partial charge in [0.15, 0.2) is 0 Å². The van der Waals surface area contributed by atoms with Crippen LogP contribution in [0.1, 0.15) is 44.6 Å². The predicted octanol–water partition coefficient (Wildman–Crippen LogP) is 6.58. The first-order valence-electron chi connectivity index (χ1n) is 15.9. The maximum absolute atomic E-state index is 14.3. The first kappa shape index (κ1) is 32.8. The number of nitrogens with zero attached hydrogens (tertiary/aromatic N) is 2. The van der Waals surface area contributed by atoms with Crippen LogP contribution in [-0.2, 0) is 26.0 Å². The van der Waals surface area contributed by atoms with Gasteiger partial charge in [0.2, 0.25) is 11.8 Å². The van der Waals surface area contributed by atoms with Crippen LogP contribution in [0.2, 0.25) is 0 Å². The SMILES string of the molecule is CC[C@@H](C(=O)NC1CCCC1)N(CCc1ccccc1)C(=O)CN(c1ccc(Oc2ccccc2)cc1)S(=O)(=O)c1ccccc1. The molecule has 5 rings (SSSR count). The van der Waals surface area contributed by atoms with Crippen LogP contribution in [-0.4, -0.2) is 50.3 Å². The number of carbonyl (C=O) groups is 2. The summed E-state index contributed by atoms with van der Waals surface area (Å²) in [4.78, 5) is 29.5. The van der Waals surface area contributed by atoms with Gasteiger partial charge in [0.25, 0.3) is 10.0 Å². The van der Waals surface area contributed by atoms with Crippen LogP contribution in [0.4, 0.5) is 5.69 Å². The van der Waals surface area contributed by atoms with E-state index in [1.807, 2.05) is 67.6 Å². The normalized spacial score (nSPS) is 13.9. The summed E-state index contributed by atoms with van der Waals surface area (Å²) in [6.07, 6.45) is 4.91. The molecule has 1 aliphatic carbocycles. The first-order chi connectivity index (χ1) is 22.3. The molecule has 1 N–H and O–H groups in total. The van der Waals surface area contributed by atoms with Crippen molar-refractivity contribution in [3.8, 4) is 11.5 Å². The zero-order valence-electron chi connectivity index (χ0n) is 26.1. The van der Waals surface area contributed by atoms with Crippen molar-refractivity contribution in [3.63, 3.8) is 0 Å². The number of carbonyl (C=O) groups excluding carboxylic acids is 2. The maximum Gasteiger partial charge on any atom is 0.264 e. The number of benzene rings is 4. The van der Waals surface area contributed by atoms with Crippen LogP contribution in [0.3, 0.4) is 0 Å². The van der Waals surface area contributed by atoms with E-state index >= 15 is 0 Å². The Hall–Kier alpha value is -4.63. The lowest BCUT2D eigenvalue weighted by atomic mass is 10.1. The molecule has 0 heterocycles. The number of nitrogens with one attached hydrogen (secondary N) is 1. The fourth-order valence-corrected chi connectivity index (χ4v) is 7.25. The molecule has 0 bridgehead atoms. The first-order valence-corrected chi connectivity index (χ1v) is 17.3. The van der Waals surface area contributed by atoms with Crippen LogP contribution in [0.25, 0.3) is 0 Å². The number of ether oxygens (including phenoxy) is 1. The van der Waals surface area contributed by atoms with Crippen molar-refractivity contribution >= 4 is 27.5 Å². The minimum absolute atomic E-state index is 0.0641. The molecule has 46 heavy (non-hydrogen) atoms. The van der Waals surface area contributed by atoms with Crippen LogP contribution in [0.5, 0.6) is 11.5 Å². The third-order valence-electron chi connectivity index (χ3n) is 8.29. The number of para-hydroxylation sites is 1. The van der Waals surface area contributed by atoms with E-state index in [9.17, 15) is 18.0 Å². The topological polar surface area (TPSA) is 96.0 Å². The van der Waals surface area contributed by atoms with E-state index < -0.39 is 28.5 Å². The van der Waals surface area contributed by atoms with Gasteiger partial charge in [0.1, 0.15) is 24.1 Å². The Labute approximate surface area is 272 Å². The maximum atomic E-state index is 14.3. The molecule has 1 aliphatic rings. The molecule has 0 aromatic heterocycles. The standard InChI is InChI=1S/C37H41N3O5S/c1-2-35(37(42)38-30-16-12-13-17-30)39(27-26-29-14-6-3-7-15-29)36(41)28-40(46(43,44)34-20-10-5-11-21-34)31-22-24-33(25-23-31)45-32-18-8-4-9-19-32/h3-11,14-15,18-25,30,35H,2,12-13,16-17,26-28H2,1H3,(H,38,42)/t35-/m0/s1. The van der Waals surface area contributed by atoms with Crippen molar-refractivity contribution in [3.05, 3.63) is 121 Å². The van der Waals surface area contributed by atoms with Gasteiger partial charge in [0.05, 0.1) is 10.6 Å². The minimum Gasteiger partial charge on any atom is -0.457 e. The third kappa shape index (κ3) is 8.34. The molecule has 1 fully saturated rings. The van der Waals surface area contributed by atoms with Crippen LogP contribution in [0, 0.1) is 0 Å². The Morgan fingerprint density at radius 2 is 1.37 bits per heavy atom. The van der Waals surface area contributed by atoms with Crippen molar-refractivity contribution in [2.75, 3.05) is 17.4 Å². The van der Waals surface area contributed by atoms with Crippen molar-refractivity contribution in [1.82, 2.24) is 10.2 Å². The minimum atomic E-state index is -4.15. The molecule has 4 aromatic rings. The van der Waals surface area contributed by atoms with E-state index in [0.29, 0.717) is 30.0 Å². The molecule has 240 valence electrons. The van der Waals surface area contributed by atoms with Gasteiger partial charge in [-0.2, -0.15) is 0 Å². The molecule has 0 radical (unpaired) electrons. The van der Waals surface area contributed by atoms with E-state index in [1.165, 1.54) is 12.1 Å².